The maximum absolute atomic E-state index is 12.6. The summed E-state index contributed by atoms with van der Waals surface area (Å²) < 4.78 is 18.8. The molecule has 0 saturated carbocycles. The molecule has 1 aromatic heterocycles. The van der Waals surface area contributed by atoms with Gasteiger partial charge >= 0.3 is 0 Å². The molecule has 1 fully saturated rings. The molecule has 31 heavy (non-hydrogen) atoms. The SMILES string of the molecule is COCc1cc([C@@H]2SCC(=O)Nc3c2c(C)nn3[C@@H]2CCOC(C)(C)C2)ccc1OC. The summed E-state index contributed by atoms with van der Waals surface area (Å²) in [5, 5.41) is 8.06. The van der Waals surface area contributed by atoms with Crippen molar-refractivity contribution in [3.8, 4) is 5.75 Å². The Morgan fingerprint density at radius 3 is 2.87 bits per heavy atom. The first-order valence-corrected chi connectivity index (χ1v) is 11.7. The number of hydrogen-bond acceptors (Lipinski definition) is 6. The normalized spacial score (nSPS) is 23.1. The highest BCUT2D eigenvalue weighted by atomic mass is 32.2. The van der Waals surface area contributed by atoms with Gasteiger partial charge in [0.15, 0.2) is 0 Å². The van der Waals surface area contributed by atoms with Crippen LogP contribution in [0.25, 0.3) is 0 Å². The van der Waals surface area contributed by atoms with E-state index < -0.39 is 0 Å². The van der Waals surface area contributed by atoms with Crippen molar-refractivity contribution >= 4 is 23.5 Å². The first kappa shape index (κ1) is 22.2. The van der Waals surface area contributed by atoms with Crippen LogP contribution in [-0.2, 0) is 20.9 Å². The molecule has 1 saturated heterocycles. The molecular weight excluding hydrogens is 414 g/mol. The predicted octanol–water partition coefficient (Wildman–Crippen LogP) is 4.25. The van der Waals surface area contributed by atoms with Crippen LogP contribution < -0.4 is 10.1 Å². The summed E-state index contributed by atoms with van der Waals surface area (Å²) in [4.78, 5) is 12.6. The molecule has 168 valence electrons. The highest BCUT2D eigenvalue weighted by molar-refractivity contribution is 8.00. The molecule has 4 rings (SSSR count). The third-order valence-electron chi connectivity index (χ3n) is 5.96. The monoisotopic (exact) mass is 445 g/mol. The lowest BCUT2D eigenvalue weighted by Gasteiger charge is -2.36. The molecule has 2 aliphatic heterocycles. The number of thioether (sulfide) groups is 1. The zero-order chi connectivity index (χ0) is 22.2. The number of aryl methyl sites for hydroxylation is 1. The molecule has 1 amide bonds. The molecular formula is C23H31N3O4S. The quantitative estimate of drug-likeness (QED) is 0.742. The number of ether oxygens (including phenoxy) is 3. The van der Waals surface area contributed by atoms with Crippen molar-refractivity contribution in [2.24, 2.45) is 0 Å². The third kappa shape index (κ3) is 4.47. The zero-order valence-corrected chi connectivity index (χ0v) is 19.7. The van der Waals surface area contributed by atoms with Gasteiger partial charge in [-0.25, -0.2) is 4.68 Å². The molecule has 1 aromatic carbocycles. The second-order valence-corrected chi connectivity index (χ2v) is 9.88. The second-order valence-electron chi connectivity index (χ2n) is 8.79. The Kier molecular flexibility index (Phi) is 6.32. The van der Waals surface area contributed by atoms with Crippen LogP contribution in [0.5, 0.6) is 5.75 Å². The van der Waals surface area contributed by atoms with Crippen molar-refractivity contribution in [3.05, 3.63) is 40.6 Å². The minimum atomic E-state index is -0.205. The van der Waals surface area contributed by atoms with Crippen LogP contribution in [0.1, 0.15) is 60.4 Å². The van der Waals surface area contributed by atoms with Crippen molar-refractivity contribution in [2.75, 3.05) is 31.9 Å². The van der Waals surface area contributed by atoms with Gasteiger partial charge in [0.05, 0.1) is 42.1 Å². The van der Waals surface area contributed by atoms with Gasteiger partial charge in [0.2, 0.25) is 5.91 Å². The Balaban J connectivity index is 1.78. The van der Waals surface area contributed by atoms with Gasteiger partial charge in [0, 0.05) is 24.8 Å². The maximum atomic E-state index is 12.6. The zero-order valence-electron chi connectivity index (χ0n) is 18.9. The highest BCUT2D eigenvalue weighted by Crippen LogP contribution is 2.46. The number of rotatable bonds is 5. The van der Waals surface area contributed by atoms with Gasteiger partial charge < -0.3 is 19.5 Å². The summed E-state index contributed by atoms with van der Waals surface area (Å²) in [7, 11) is 3.34. The smallest absolute Gasteiger partial charge is 0.235 e. The molecule has 8 heteroatoms. The number of hydrogen-bond donors (Lipinski definition) is 1. The molecule has 0 bridgehead atoms. The van der Waals surface area contributed by atoms with E-state index >= 15 is 0 Å². The molecule has 0 spiro atoms. The summed E-state index contributed by atoms with van der Waals surface area (Å²) in [6.07, 6.45) is 1.74. The standard InChI is InChI=1S/C23H31N3O4S/c1-14-20-21(15-6-7-18(29-5)16(10-15)12-28-4)31-13-19(27)24-22(20)26(25-14)17-8-9-30-23(2,3)11-17/h6-7,10,17,21H,8-9,11-13H2,1-5H3,(H,24,27)/t17-,21+/m1/s1. The summed E-state index contributed by atoms with van der Waals surface area (Å²) in [5.41, 5.74) is 3.93. The number of amides is 1. The number of methoxy groups -OCH3 is 2. The fourth-order valence-corrected chi connectivity index (χ4v) is 5.75. The second kappa shape index (κ2) is 8.84. The Morgan fingerprint density at radius 1 is 1.35 bits per heavy atom. The third-order valence-corrected chi connectivity index (χ3v) is 7.23. The van der Waals surface area contributed by atoms with Crippen molar-refractivity contribution in [1.82, 2.24) is 9.78 Å². The minimum Gasteiger partial charge on any atom is -0.496 e. The number of aromatic nitrogens is 2. The average molecular weight is 446 g/mol. The van der Waals surface area contributed by atoms with E-state index in [4.69, 9.17) is 19.3 Å². The largest absolute Gasteiger partial charge is 0.496 e. The van der Waals surface area contributed by atoms with Gasteiger partial charge in [0.25, 0.3) is 0 Å². The van der Waals surface area contributed by atoms with Crippen molar-refractivity contribution in [2.45, 2.75) is 57.1 Å². The predicted molar refractivity (Wildman–Crippen MR) is 122 cm³/mol. The molecule has 0 aliphatic carbocycles. The van der Waals surface area contributed by atoms with E-state index in [0.29, 0.717) is 19.0 Å². The number of benzene rings is 1. The summed E-state index contributed by atoms with van der Waals surface area (Å²) in [5.74, 6) is 2.02. The lowest BCUT2D eigenvalue weighted by atomic mass is 9.94. The molecule has 2 aliphatic rings. The average Bonchev–Trinajstić information content (AvgIpc) is 2.93. The van der Waals surface area contributed by atoms with Crippen LogP contribution >= 0.6 is 11.8 Å². The topological polar surface area (TPSA) is 74.6 Å². The van der Waals surface area contributed by atoms with Crippen molar-refractivity contribution in [1.29, 1.82) is 0 Å². The molecule has 1 N–H and O–H groups in total. The van der Waals surface area contributed by atoms with Crippen molar-refractivity contribution < 1.29 is 19.0 Å². The number of nitrogens with one attached hydrogen (secondary N) is 1. The Labute approximate surface area is 187 Å². The number of anilines is 1. The lowest BCUT2D eigenvalue weighted by molar-refractivity contribution is -0.113. The lowest BCUT2D eigenvalue weighted by Crippen LogP contribution is -2.36. The van der Waals surface area contributed by atoms with Gasteiger partial charge in [-0.2, -0.15) is 5.10 Å². The van der Waals surface area contributed by atoms with E-state index in [1.165, 1.54) is 0 Å². The number of fused-ring (bicyclic) bond motifs is 1. The Bertz CT molecular complexity index is 972. The summed E-state index contributed by atoms with van der Waals surface area (Å²) >= 11 is 1.63. The highest BCUT2D eigenvalue weighted by Gasteiger charge is 2.36. The van der Waals surface area contributed by atoms with E-state index in [-0.39, 0.29) is 22.8 Å². The molecule has 7 nitrogen and oxygen atoms in total. The van der Waals surface area contributed by atoms with Gasteiger partial charge in [0.1, 0.15) is 11.6 Å². The van der Waals surface area contributed by atoms with Gasteiger partial charge in [-0.1, -0.05) is 6.07 Å². The van der Waals surface area contributed by atoms with E-state index in [1.807, 2.05) is 17.7 Å². The van der Waals surface area contributed by atoms with Gasteiger partial charge in [-0.3, -0.25) is 4.79 Å². The Hall–Kier alpha value is -2.03. The molecule has 2 aromatic rings. The van der Waals surface area contributed by atoms with Crippen LogP contribution in [0.15, 0.2) is 18.2 Å². The van der Waals surface area contributed by atoms with Crippen molar-refractivity contribution in [3.63, 3.8) is 0 Å². The van der Waals surface area contributed by atoms with Gasteiger partial charge in [-0.05, 0) is 51.3 Å². The maximum Gasteiger partial charge on any atom is 0.235 e. The van der Waals surface area contributed by atoms with Crippen LogP contribution in [-0.4, -0.2) is 47.9 Å². The molecule has 3 heterocycles. The van der Waals surface area contributed by atoms with E-state index in [2.05, 4.69) is 31.3 Å². The minimum absolute atomic E-state index is 0.00272. The fraction of sp³-hybridized carbons (Fsp3) is 0.565. The number of carbonyl (C=O) groups excluding carboxylic acids is 1. The van der Waals surface area contributed by atoms with E-state index in [0.717, 1.165) is 46.8 Å². The summed E-state index contributed by atoms with van der Waals surface area (Å²) in [6, 6.07) is 6.36. The summed E-state index contributed by atoms with van der Waals surface area (Å²) in [6.45, 7) is 7.41. The Morgan fingerprint density at radius 2 is 2.16 bits per heavy atom. The van der Waals surface area contributed by atoms with Crippen LogP contribution in [0.3, 0.4) is 0 Å². The number of nitrogens with zero attached hydrogens (tertiary/aromatic N) is 2. The molecule has 2 atom stereocenters. The van der Waals surface area contributed by atoms with Crippen LogP contribution in [0.4, 0.5) is 5.82 Å². The van der Waals surface area contributed by atoms with Crippen LogP contribution in [0.2, 0.25) is 0 Å². The van der Waals surface area contributed by atoms with Crippen LogP contribution in [0, 0.1) is 6.92 Å². The first-order chi connectivity index (χ1) is 14.8. The van der Waals surface area contributed by atoms with E-state index in [1.54, 1.807) is 26.0 Å². The molecule has 0 unspecified atom stereocenters. The van der Waals surface area contributed by atoms with E-state index in [9.17, 15) is 4.79 Å². The number of carbonyl (C=O) groups is 1. The first-order valence-electron chi connectivity index (χ1n) is 10.6. The molecule has 0 radical (unpaired) electrons. The van der Waals surface area contributed by atoms with Gasteiger partial charge in [-0.15, -0.1) is 11.8 Å². The fourth-order valence-electron chi connectivity index (χ4n) is 4.57.